The fraction of sp³-hybridized carbons (Fsp3) is 0. The highest BCUT2D eigenvalue weighted by molar-refractivity contribution is 6.10. The number of benzene rings is 7. The van der Waals surface area contributed by atoms with Crippen LogP contribution in [0.5, 0.6) is 0 Å². The van der Waals surface area contributed by atoms with E-state index in [1.807, 2.05) is 133 Å². The normalized spacial score (nSPS) is 11.7. The van der Waals surface area contributed by atoms with E-state index >= 15 is 0 Å². The molecule has 0 fully saturated rings. The Kier molecular flexibility index (Phi) is 6.84. The Bertz CT molecular complexity index is 3270. The first-order chi connectivity index (χ1) is 27.2. The summed E-state index contributed by atoms with van der Waals surface area (Å²) in [5.41, 5.74) is 8.92. The standard InChI is InChI=1S/C47H29N7O/c55-45-37-29-33(25-27-41(37)54-42-23-13-11-21-38(42)48-47(54)52(45)34-18-8-3-9-19-34)32-24-26-40-36(28-32)35-20-10-12-22-39(35)53(40)46-50-43(30-14-4-1-5-15-30)49-44(51-46)31-16-6-2-7-17-31/h1-29H. The van der Waals surface area contributed by atoms with E-state index in [0.717, 1.165) is 66.3 Å². The third kappa shape index (κ3) is 4.89. The summed E-state index contributed by atoms with van der Waals surface area (Å²) in [4.78, 5) is 34.5. The zero-order chi connectivity index (χ0) is 36.5. The van der Waals surface area contributed by atoms with Crippen LogP contribution >= 0.6 is 0 Å². The van der Waals surface area contributed by atoms with Crippen LogP contribution < -0.4 is 5.56 Å². The zero-order valence-corrected chi connectivity index (χ0v) is 29.3. The first-order valence-electron chi connectivity index (χ1n) is 18.1. The van der Waals surface area contributed by atoms with E-state index in [2.05, 4.69) is 51.4 Å². The van der Waals surface area contributed by atoms with Gasteiger partial charge in [0.2, 0.25) is 11.7 Å². The maximum Gasteiger partial charge on any atom is 0.267 e. The van der Waals surface area contributed by atoms with Crippen LogP contribution in [0.1, 0.15) is 0 Å². The molecule has 0 atom stereocenters. The van der Waals surface area contributed by atoms with Crippen molar-refractivity contribution in [2.24, 2.45) is 0 Å². The third-order valence-corrected chi connectivity index (χ3v) is 10.3. The molecule has 0 radical (unpaired) electrons. The van der Waals surface area contributed by atoms with Gasteiger partial charge in [-0.05, 0) is 65.7 Å². The van der Waals surface area contributed by atoms with Crippen molar-refractivity contribution in [3.8, 4) is 45.5 Å². The van der Waals surface area contributed by atoms with Crippen LogP contribution in [0.4, 0.5) is 0 Å². The molecule has 11 rings (SSSR count). The van der Waals surface area contributed by atoms with Crippen molar-refractivity contribution < 1.29 is 0 Å². The van der Waals surface area contributed by atoms with Gasteiger partial charge < -0.3 is 0 Å². The number of nitrogens with zero attached hydrogens (tertiary/aromatic N) is 7. The van der Waals surface area contributed by atoms with Crippen LogP contribution in [-0.2, 0) is 0 Å². The molecular formula is C47H29N7O. The fourth-order valence-corrected chi connectivity index (χ4v) is 7.77. The number of hydrogen-bond acceptors (Lipinski definition) is 5. The molecular weight excluding hydrogens is 679 g/mol. The summed E-state index contributed by atoms with van der Waals surface area (Å²) in [6.45, 7) is 0. The largest absolute Gasteiger partial charge is 0.278 e. The second-order valence-corrected chi connectivity index (χ2v) is 13.5. The van der Waals surface area contributed by atoms with E-state index < -0.39 is 0 Å². The molecule has 0 aliphatic carbocycles. The zero-order valence-electron chi connectivity index (χ0n) is 29.3. The molecule has 258 valence electrons. The Morgan fingerprint density at radius 1 is 0.382 bits per heavy atom. The lowest BCUT2D eigenvalue weighted by molar-refractivity contribution is 0.953. The molecule has 0 spiro atoms. The van der Waals surface area contributed by atoms with Crippen molar-refractivity contribution in [1.82, 2.24) is 33.5 Å². The molecule has 7 aromatic carbocycles. The Hall–Kier alpha value is -7.71. The minimum Gasteiger partial charge on any atom is -0.278 e. The Balaban J connectivity index is 1.13. The van der Waals surface area contributed by atoms with Crippen molar-refractivity contribution >= 4 is 49.5 Å². The molecule has 0 amide bonds. The average Bonchev–Trinajstić information content (AvgIpc) is 3.80. The van der Waals surface area contributed by atoms with E-state index in [1.54, 1.807) is 4.57 Å². The summed E-state index contributed by atoms with van der Waals surface area (Å²) >= 11 is 0. The second-order valence-electron chi connectivity index (χ2n) is 13.5. The Labute approximate surface area is 313 Å². The van der Waals surface area contributed by atoms with Crippen LogP contribution in [0.3, 0.4) is 0 Å². The van der Waals surface area contributed by atoms with Crippen molar-refractivity contribution in [2.75, 3.05) is 0 Å². The van der Waals surface area contributed by atoms with Gasteiger partial charge in [-0.2, -0.15) is 9.97 Å². The van der Waals surface area contributed by atoms with E-state index in [1.165, 1.54) is 0 Å². The van der Waals surface area contributed by atoms with E-state index in [0.29, 0.717) is 28.8 Å². The number of fused-ring (bicyclic) bond motifs is 8. The summed E-state index contributed by atoms with van der Waals surface area (Å²) in [5, 5.41) is 2.72. The summed E-state index contributed by atoms with van der Waals surface area (Å²) in [6.07, 6.45) is 0. The number of rotatable bonds is 5. The van der Waals surface area contributed by atoms with Crippen LogP contribution in [0.2, 0.25) is 0 Å². The lowest BCUT2D eigenvalue weighted by Crippen LogP contribution is -2.21. The molecule has 11 aromatic rings. The van der Waals surface area contributed by atoms with Gasteiger partial charge in [-0.1, -0.05) is 121 Å². The van der Waals surface area contributed by atoms with Gasteiger partial charge in [-0.15, -0.1) is 0 Å². The molecule has 8 nitrogen and oxygen atoms in total. The SMILES string of the molecule is O=c1c2cc(-c3ccc4c(c3)c3ccccc3n4-c3nc(-c4ccccc4)nc(-c4ccccc4)n3)ccc2n2c3ccccc3nc2n1-c1ccccc1. The quantitative estimate of drug-likeness (QED) is 0.178. The lowest BCUT2D eigenvalue weighted by atomic mass is 10.0. The number of para-hydroxylation sites is 4. The molecule has 55 heavy (non-hydrogen) atoms. The topological polar surface area (TPSA) is 82.9 Å². The van der Waals surface area contributed by atoms with Crippen molar-refractivity contribution in [1.29, 1.82) is 0 Å². The van der Waals surface area contributed by atoms with E-state index in [4.69, 9.17) is 19.9 Å². The van der Waals surface area contributed by atoms with Gasteiger partial charge in [0.15, 0.2) is 11.6 Å². The predicted molar refractivity (Wildman–Crippen MR) is 220 cm³/mol. The van der Waals surface area contributed by atoms with Crippen LogP contribution in [0.15, 0.2) is 181 Å². The molecule has 0 unspecified atom stereocenters. The van der Waals surface area contributed by atoms with Crippen molar-refractivity contribution in [3.05, 3.63) is 186 Å². The molecule has 8 heteroatoms. The van der Waals surface area contributed by atoms with Crippen LogP contribution in [-0.4, -0.2) is 33.5 Å². The average molecular weight is 708 g/mol. The van der Waals surface area contributed by atoms with Crippen molar-refractivity contribution in [3.63, 3.8) is 0 Å². The lowest BCUT2D eigenvalue weighted by Gasteiger charge is -2.13. The molecule has 4 aromatic heterocycles. The highest BCUT2D eigenvalue weighted by atomic mass is 16.1. The van der Waals surface area contributed by atoms with Gasteiger partial charge >= 0.3 is 0 Å². The first-order valence-corrected chi connectivity index (χ1v) is 18.1. The summed E-state index contributed by atoms with van der Waals surface area (Å²) in [6, 6.07) is 58.6. The predicted octanol–water partition coefficient (Wildman–Crippen LogP) is 10.1. The number of hydrogen-bond donors (Lipinski definition) is 0. The summed E-state index contributed by atoms with van der Waals surface area (Å²) in [5.74, 6) is 2.32. The highest BCUT2D eigenvalue weighted by Gasteiger charge is 2.20. The van der Waals surface area contributed by atoms with Crippen molar-refractivity contribution in [2.45, 2.75) is 0 Å². The molecule has 0 bridgehead atoms. The van der Waals surface area contributed by atoms with Gasteiger partial charge in [-0.3, -0.25) is 13.8 Å². The fourth-order valence-electron chi connectivity index (χ4n) is 7.77. The van der Waals surface area contributed by atoms with Gasteiger partial charge in [0.05, 0.1) is 38.7 Å². The monoisotopic (exact) mass is 707 g/mol. The van der Waals surface area contributed by atoms with Gasteiger partial charge in [-0.25, -0.2) is 14.5 Å². The molecule has 0 aliphatic rings. The molecule has 0 saturated carbocycles. The van der Waals surface area contributed by atoms with Gasteiger partial charge in [0.25, 0.3) is 5.56 Å². The third-order valence-electron chi connectivity index (χ3n) is 10.3. The molecule has 0 aliphatic heterocycles. The van der Waals surface area contributed by atoms with E-state index in [9.17, 15) is 4.79 Å². The Morgan fingerprint density at radius 3 is 1.62 bits per heavy atom. The summed E-state index contributed by atoms with van der Waals surface area (Å²) in [7, 11) is 0. The Morgan fingerprint density at radius 2 is 0.927 bits per heavy atom. The summed E-state index contributed by atoms with van der Waals surface area (Å²) < 4.78 is 5.92. The number of imidazole rings is 1. The minimum atomic E-state index is -0.123. The number of aromatic nitrogens is 7. The highest BCUT2D eigenvalue weighted by Crippen LogP contribution is 2.36. The van der Waals surface area contributed by atoms with Gasteiger partial charge in [0.1, 0.15) is 0 Å². The van der Waals surface area contributed by atoms with Crippen LogP contribution in [0.25, 0.3) is 95.1 Å². The molecule has 0 saturated heterocycles. The first kappa shape index (κ1) is 30.9. The molecule has 0 N–H and O–H groups in total. The van der Waals surface area contributed by atoms with Crippen LogP contribution in [0, 0.1) is 0 Å². The second kappa shape index (κ2) is 12.2. The van der Waals surface area contributed by atoms with E-state index in [-0.39, 0.29) is 5.56 Å². The van der Waals surface area contributed by atoms with Gasteiger partial charge in [0, 0.05) is 21.9 Å². The smallest absolute Gasteiger partial charge is 0.267 e. The molecule has 4 heterocycles. The maximum atomic E-state index is 14.5. The minimum absolute atomic E-state index is 0.123. The maximum absolute atomic E-state index is 14.5.